The van der Waals surface area contributed by atoms with Gasteiger partial charge in [-0.2, -0.15) is 0 Å². The van der Waals surface area contributed by atoms with E-state index in [1.807, 2.05) is 0 Å². The predicted molar refractivity (Wildman–Crippen MR) is 82.5 cm³/mol. The smallest absolute Gasteiger partial charge is 0.255 e. The second kappa shape index (κ2) is 9.06. The van der Waals surface area contributed by atoms with Gasteiger partial charge in [0.1, 0.15) is 10.6 Å². The monoisotopic (exact) mass is 357 g/mol. The Balaban J connectivity index is 0.00000400. The van der Waals surface area contributed by atoms with E-state index in [0.717, 1.165) is 0 Å². The number of halogens is 2. The van der Waals surface area contributed by atoms with Crippen LogP contribution in [0.2, 0.25) is 5.02 Å². The van der Waals surface area contributed by atoms with Crippen molar-refractivity contribution < 1.29 is 17.9 Å². The first kappa shape index (κ1) is 19.9. The number of ether oxygens (including phenoxy) is 1. The molecule has 120 valence electrons. The average Bonchev–Trinajstić information content (AvgIpc) is 2.37. The van der Waals surface area contributed by atoms with Crippen molar-refractivity contribution in [2.75, 3.05) is 26.7 Å². The minimum Gasteiger partial charge on any atom is -0.482 e. The summed E-state index contributed by atoms with van der Waals surface area (Å²) in [6.45, 7) is 0.262. The number of nitrogens with one attached hydrogen (secondary N) is 2. The van der Waals surface area contributed by atoms with E-state index in [2.05, 4.69) is 10.0 Å². The largest absolute Gasteiger partial charge is 0.482 e. The fourth-order valence-electron chi connectivity index (χ4n) is 1.35. The van der Waals surface area contributed by atoms with Crippen LogP contribution in [0.15, 0.2) is 23.1 Å². The van der Waals surface area contributed by atoms with Crippen LogP contribution in [0.25, 0.3) is 0 Å². The molecule has 4 N–H and O–H groups in total. The molecule has 0 fully saturated rings. The van der Waals surface area contributed by atoms with Crippen LogP contribution in [0.3, 0.4) is 0 Å². The molecule has 0 saturated carbocycles. The summed E-state index contributed by atoms with van der Waals surface area (Å²) in [4.78, 5) is 10.6. The maximum Gasteiger partial charge on any atom is 0.255 e. The maximum atomic E-state index is 12.1. The number of hydrogen-bond donors (Lipinski definition) is 3. The lowest BCUT2D eigenvalue weighted by Crippen LogP contribution is -2.31. The lowest BCUT2D eigenvalue weighted by Gasteiger charge is -2.12. The highest BCUT2D eigenvalue weighted by Gasteiger charge is 2.20. The molecule has 10 heteroatoms. The molecule has 0 atom stereocenters. The number of carbonyl (C=O) groups excluding carboxylic acids is 1. The molecular weight excluding hydrogens is 341 g/mol. The number of benzene rings is 1. The van der Waals surface area contributed by atoms with Gasteiger partial charge < -0.3 is 15.8 Å². The Morgan fingerprint density at radius 1 is 1.38 bits per heavy atom. The van der Waals surface area contributed by atoms with E-state index in [4.69, 9.17) is 22.1 Å². The summed E-state index contributed by atoms with van der Waals surface area (Å²) >= 11 is 5.80. The van der Waals surface area contributed by atoms with Gasteiger partial charge in [0, 0.05) is 18.1 Å². The molecule has 0 heterocycles. The molecule has 0 bridgehead atoms. The average molecular weight is 358 g/mol. The molecular formula is C11H17Cl2N3O4S. The highest BCUT2D eigenvalue weighted by molar-refractivity contribution is 7.89. The molecule has 21 heavy (non-hydrogen) atoms. The van der Waals surface area contributed by atoms with Crippen molar-refractivity contribution in [1.82, 2.24) is 10.0 Å². The third-order valence-corrected chi connectivity index (χ3v) is 3.95. The fraction of sp³-hybridized carbons (Fsp3) is 0.364. The van der Waals surface area contributed by atoms with Crippen molar-refractivity contribution in [3.8, 4) is 5.75 Å². The van der Waals surface area contributed by atoms with E-state index in [1.54, 1.807) is 7.05 Å². The molecule has 0 aliphatic heterocycles. The number of likely N-dealkylation sites (N-methyl/N-ethyl adjacent to an activating group) is 1. The number of carbonyl (C=O) groups is 1. The van der Waals surface area contributed by atoms with Crippen LogP contribution in [-0.2, 0) is 14.8 Å². The summed E-state index contributed by atoms with van der Waals surface area (Å²) in [5.74, 6) is -0.684. The van der Waals surface area contributed by atoms with Gasteiger partial charge in [0.25, 0.3) is 5.91 Å². The van der Waals surface area contributed by atoms with Gasteiger partial charge in [0.2, 0.25) is 10.0 Å². The Hall–Kier alpha value is -1.06. The molecule has 7 nitrogen and oxygen atoms in total. The van der Waals surface area contributed by atoms with E-state index < -0.39 is 22.5 Å². The van der Waals surface area contributed by atoms with Gasteiger partial charge in [-0.1, -0.05) is 11.6 Å². The number of hydrogen-bond acceptors (Lipinski definition) is 5. The highest BCUT2D eigenvalue weighted by atomic mass is 35.5. The minimum atomic E-state index is -3.79. The maximum absolute atomic E-state index is 12.1. The van der Waals surface area contributed by atoms with Crippen molar-refractivity contribution in [1.29, 1.82) is 0 Å². The van der Waals surface area contributed by atoms with Crippen LogP contribution in [0.1, 0.15) is 0 Å². The fourth-order valence-corrected chi connectivity index (χ4v) is 2.79. The van der Waals surface area contributed by atoms with Gasteiger partial charge in [-0.25, -0.2) is 13.1 Å². The molecule has 0 unspecified atom stereocenters. The van der Waals surface area contributed by atoms with Gasteiger partial charge in [0.05, 0.1) is 0 Å². The molecule has 0 spiro atoms. The van der Waals surface area contributed by atoms with Crippen molar-refractivity contribution in [3.63, 3.8) is 0 Å². The zero-order valence-corrected chi connectivity index (χ0v) is 13.6. The lowest BCUT2D eigenvalue weighted by molar-refractivity contribution is -0.120. The Bertz CT molecular complexity index is 581. The molecule has 1 amide bonds. The minimum absolute atomic E-state index is 0. The lowest BCUT2D eigenvalue weighted by atomic mass is 10.3. The van der Waals surface area contributed by atoms with Gasteiger partial charge >= 0.3 is 0 Å². The van der Waals surface area contributed by atoms with Crippen LogP contribution in [0.4, 0.5) is 0 Å². The topological polar surface area (TPSA) is 111 Å². The Morgan fingerprint density at radius 2 is 2.05 bits per heavy atom. The van der Waals surface area contributed by atoms with Crippen LogP contribution < -0.4 is 20.5 Å². The standard InChI is InChI=1S/C11H16ClN3O4S.ClH/c1-14-4-5-15-20(17,18)10-6-8(12)2-3-9(10)19-7-11(13)16;/h2-3,6,14-15H,4-5,7H2,1H3,(H2,13,16);1H. The number of nitrogens with two attached hydrogens (primary N) is 1. The van der Waals surface area contributed by atoms with Gasteiger partial charge in [-0.15, -0.1) is 12.4 Å². The summed E-state index contributed by atoms with van der Waals surface area (Å²) in [5, 5.41) is 3.05. The Labute approximate surface area is 134 Å². The SMILES string of the molecule is CNCCNS(=O)(=O)c1cc(Cl)ccc1OCC(N)=O.Cl. The van der Waals surface area contributed by atoms with E-state index >= 15 is 0 Å². The zero-order valence-electron chi connectivity index (χ0n) is 11.3. The molecule has 0 radical (unpaired) electrons. The van der Waals surface area contributed by atoms with Crippen molar-refractivity contribution in [2.45, 2.75) is 4.90 Å². The first-order valence-electron chi connectivity index (χ1n) is 5.71. The first-order chi connectivity index (χ1) is 9.36. The summed E-state index contributed by atoms with van der Waals surface area (Å²) < 4.78 is 31.7. The molecule has 0 aromatic heterocycles. The Kier molecular flexibility index (Phi) is 8.60. The zero-order chi connectivity index (χ0) is 15.2. The predicted octanol–water partition coefficient (Wildman–Crippen LogP) is 0.124. The summed E-state index contributed by atoms with van der Waals surface area (Å²) in [7, 11) is -2.08. The number of rotatable bonds is 8. The van der Waals surface area contributed by atoms with Crippen LogP contribution in [0, 0.1) is 0 Å². The molecule has 1 aromatic carbocycles. The Morgan fingerprint density at radius 3 is 2.62 bits per heavy atom. The van der Waals surface area contributed by atoms with Crippen LogP contribution >= 0.6 is 24.0 Å². The quantitative estimate of drug-likeness (QED) is 0.572. The molecule has 0 aliphatic carbocycles. The van der Waals surface area contributed by atoms with Crippen LogP contribution in [-0.4, -0.2) is 41.1 Å². The third-order valence-electron chi connectivity index (χ3n) is 2.23. The van der Waals surface area contributed by atoms with E-state index in [1.165, 1.54) is 18.2 Å². The third kappa shape index (κ3) is 6.49. The van der Waals surface area contributed by atoms with Crippen molar-refractivity contribution >= 4 is 39.9 Å². The van der Waals surface area contributed by atoms with E-state index in [0.29, 0.717) is 6.54 Å². The van der Waals surface area contributed by atoms with Gasteiger partial charge in [0.15, 0.2) is 6.61 Å². The molecule has 1 rings (SSSR count). The highest BCUT2D eigenvalue weighted by Crippen LogP contribution is 2.27. The molecule has 0 saturated heterocycles. The number of primary amides is 1. The molecule has 1 aromatic rings. The summed E-state index contributed by atoms with van der Waals surface area (Å²) in [5.41, 5.74) is 4.96. The number of sulfonamides is 1. The summed E-state index contributed by atoms with van der Waals surface area (Å²) in [6.07, 6.45) is 0. The molecule has 0 aliphatic rings. The van der Waals surface area contributed by atoms with Crippen molar-refractivity contribution in [3.05, 3.63) is 23.2 Å². The first-order valence-corrected chi connectivity index (χ1v) is 7.58. The second-order valence-corrected chi connectivity index (χ2v) is 6.02. The van der Waals surface area contributed by atoms with Gasteiger partial charge in [-0.3, -0.25) is 4.79 Å². The van der Waals surface area contributed by atoms with E-state index in [9.17, 15) is 13.2 Å². The second-order valence-electron chi connectivity index (χ2n) is 3.85. The van der Waals surface area contributed by atoms with Crippen molar-refractivity contribution in [2.24, 2.45) is 5.73 Å². The van der Waals surface area contributed by atoms with Crippen LogP contribution in [0.5, 0.6) is 5.75 Å². The normalized spacial score (nSPS) is 10.8. The number of amides is 1. The summed E-state index contributed by atoms with van der Waals surface area (Å²) in [6, 6.07) is 4.09. The van der Waals surface area contributed by atoms with E-state index in [-0.39, 0.29) is 34.6 Å². The van der Waals surface area contributed by atoms with Gasteiger partial charge in [-0.05, 0) is 25.2 Å².